The zero-order valence-corrected chi connectivity index (χ0v) is 10.6. The average molecular weight is 277 g/mol. The summed E-state index contributed by atoms with van der Waals surface area (Å²) in [5, 5.41) is 11.4. The van der Waals surface area contributed by atoms with Gasteiger partial charge in [0.2, 0.25) is 0 Å². The van der Waals surface area contributed by atoms with Gasteiger partial charge < -0.3 is 14.8 Å². The molecule has 104 valence electrons. The zero-order valence-electron chi connectivity index (χ0n) is 10.6. The summed E-state index contributed by atoms with van der Waals surface area (Å²) < 4.78 is 18.2. The lowest BCUT2D eigenvalue weighted by molar-refractivity contribution is 0.0694. The van der Waals surface area contributed by atoms with E-state index in [4.69, 9.17) is 9.52 Å². The quantitative estimate of drug-likeness (QED) is 0.899. The molecule has 0 spiro atoms. The van der Waals surface area contributed by atoms with Gasteiger partial charge in [-0.3, -0.25) is 4.79 Å². The first-order valence-electron chi connectivity index (χ1n) is 5.83. The topological polar surface area (TPSA) is 79.5 Å². The van der Waals surface area contributed by atoms with Crippen LogP contribution in [0.5, 0.6) is 0 Å². The minimum Gasteiger partial charge on any atom is -0.478 e. The van der Waals surface area contributed by atoms with Crippen molar-refractivity contribution < 1.29 is 23.5 Å². The molecule has 6 heteroatoms. The largest absolute Gasteiger partial charge is 0.478 e. The number of aromatic carboxylic acids is 1. The number of benzene rings is 1. The first-order valence-corrected chi connectivity index (χ1v) is 5.83. The Kier molecular flexibility index (Phi) is 3.84. The summed E-state index contributed by atoms with van der Waals surface area (Å²) in [4.78, 5) is 22.6. The molecule has 2 N–H and O–H groups in total. The fraction of sp³-hybridized carbons (Fsp3) is 0.143. The van der Waals surface area contributed by atoms with E-state index in [9.17, 15) is 14.0 Å². The van der Waals surface area contributed by atoms with Gasteiger partial charge in [-0.2, -0.15) is 0 Å². The minimum atomic E-state index is -1.09. The molecule has 2 aromatic rings. The lowest BCUT2D eigenvalue weighted by atomic mass is 10.2. The van der Waals surface area contributed by atoms with Gasteiger partial charge in [0.15, 0.2) is 0 Å². The maximum absolute atomic E-state index is 13.0. The van der Waals surface area contributed by atoms with Crippen molar-refractivity contribution in [2.45, 2.75) is 13.5 Å². The highest BCUT2D eigenvalue weighted by Gasteiger charge is 2.14. The van der Waals surface area contributed by atoms with Gasteiger partial charge in [-0.1, -0.05) is 6.07 Å². The molecule has 1 aromatic carbocycles. The van der Waals surface area contributed by atoms with Crippen molar-refractivity contribution in [2.24, 2.45) is 0 Å². The van der Waals surface area contributed by atoms with Gasteiger partial charge in [0.05, 0.1) is 6.54 Å². The second-order valence-corrected chi connectivity index (χ2v) is 4.18. The number of halogens is 1. The second kappa shape index (κ2) is 5.56. The standard InChI is InChI=1S/C14H12FNO4/c1-8-12(14(18)19)6-11(20-8)7-16-13(17)9-3-2-4-10(15)5-9/h2-6H,7H2,1H3,(H,16,17)(H,18,19). The molecule has 1 amide bonds. The Hall–Kier alpha value is -2.63. The lowest BCUT2D eigenvalue weighted by Gasteiger charge is -2.03. The van der Waals surface area contributed by atoms with E-state index in [1.807, 2.05) is 0 Å². The molecule has 0 aliphatic carbocycles. The van der Waals surface area contributed by atoms with Crippen LogP contribution in [-0.2, 0) is 6.54 Å². The first-order chi connectivity index (χ1) is 9.47. The number of amides is 1. The van der Waals surface area contributed by atoms with Crippen LogP contribution in [0.3, 0.4) is 0 Å². The molecule has 0 fully saturated rings. The molecule has 0 atom stereocenters. The third-order valence-corrected chi connectivity index (χ3v) is 2.71. The number of carboxylic acids is 1. The fourth-order valence-electron chi connectivity index (χ4n) is 1.74. The van der Waals surface area contributed by atoms with E-state index in [2.05, 4.69) is 5.32 Å². The van der Waals surface area contributed by atoms with Crippen LogP contribution in [0.4, 0.5) is 4.39 Å². The number of hydrogen-bond donors (Lipinski definition) is 2. The van der Waals surface area contributed by atoms with Gasteiger partial charge in [0.25, 0.3) is 5.91 Å². The number of nitrogens with one attached hydrogen (secondary N) is 1. The van der Waals surface area contributed by atoms with E-state index < -0.39 is 17.7 Å². The minimum absolute atomic E-state index is 0.0312. The van der Waals surface area contributed by atoms with Crippen LogP contribution >= 0.6 is 0 Å². The Morgan fingerprint density at radius 3 is 2.70 bits per heavy atom. The summed E-state index contributed by atoms with van der Waals surface area (Å²) in [6.07, 6.45) is 0. The molecule has 0 aliphatic heterocycles. The van der Waals surface area contributed by atoms with Crippen LogP contribution in [-0.4, -0.2) is 17.0 Å². The molecular formula is C14H12FNO4. The fourth-order valence-corrected chi connectivity index (χ4v) is 1.74. The Labute approximate surface area is 114 Å². The van der Waals surface area contributed by atoms with Crippen molar-refractivity contribution in [2.75, 3.05) is 0 Å². The van der Waals surface area contributed by atoms with Gasteiger partial charge in [0, 0.05) is 5.56 Å². The molecule has 1 heterocycles. The van der Waals surface area contributed by atoms with E-state index >= 15 is 0 Å². The molecular weight excluding hydrogens is 265 g/mol. The van der Waals surface area contributed by atoms with Gasteiger partial charge >= 0.3 is 5.97 Å². The summed E-state index contributed by atoms with van der Waals surface area (Å²) in [5.41, 5.74) is 0.242. The predicted octanol–water partition coefficient (Wildman–Crippen LogP) is 2.36. The highest BCUT2D eigenvalue weighted by molar-refractivity contribution is 5.94. The molecule has 0 aliphatic rings. The number of furan rings is 1. The van der Waals surface area contributed by atoms with E-state index in [1.54, 1.807) is 0 Å². The second-order valence-electron chi connectivity index (χ2n) is 4.18. The van der Waals surface area contributed by atoms with Crippen LogP contribution in [0, 0.1) is 12.7 Å². The maximum Gasteiger partial charge on any atom is 0.339 e. The molecule has 20 heavy (non-hydrogen) atoms. The van der Waals surface area contributed by atoms with Crippen molar-refractivity contribution in [3.8, 4) is 0 Å². The Morgan fingerprint density at radius 1 is 1.35 bits per heavy atom. The van der Waals surface area contributed by atoms with Gasteiger partial charge in [-0.25, -0.2) is 9.18 Å². The molecule has 0 saturated carbocycles. The van der Waals surface area contributed by atoms with E-state index in [-0.39, 0.29) is 23.4 Å². The van der Waals surface area contributed by atoms with Crippen LogP contribution in [0.25, 0.3) is 0 Å². The summed E-state index contributed by atoms with van der Waals surface area (Å²) in [6.45, 7) is 1.56. The number of rotatable bonds is 4. The third-order valence-electron chi connectivity index (χ3n) is 2.71. The van der Waals surface area contributed by atoms with E-state index in [0.717, 1.165) is 6.07 Å². The molecule has 5 nitrogen and oxygen atoms in total. The monoisotopic (exact) mass is 277 g/mol. The average Bonchev–Trinajstić information content (AvgIpc) is 2.77. The van der Waals surface area contributed by atoms with Crippen LogP contribution < -0.4 is 5.32 Å². The highest BCUT2D eigenvalue weighted by Crippen LogP contribution is 2.14. The Bertz CT molecular complexity index is 663. The van der Waals surface area contributed by atoms with Crippen LogP contribution in [0.15, 0.2) is 34.7 Å². The smallest absolute Gasteiger partial charge is 0.339 e. The van der Waals surface area contributed by atoms with E-state index in [1.165, 1.54) is 31.2 Å². The number of hydrogen-bond acceptors (Lipinski definition) is 3. The maximum atomic E-state index is 13.0. The van der Waals surface area contributed by atoms with Gasteiger partial charge in [-0.05, 0) is 31.2 Å². The van der Waals surface area contributed by atoms with Gasteiger partial charge in [-0.15, -0.1) is 0 Å². The van der Waals surface area contributed by atoms with Crippen molar-refractivity contribution in [1.82, 2.24) is 5.32 Å². The van der Waals surface area contributed by atoms with Crippen molar-refractivity contribution in [3.63, 3.8) is 0 Å². The van der Waals surface area contributed by atoms with E-state index in [0.29, 0.717) is 5.76 Å². The Morgan fingerprint density at radius 2 is 2.10 bits per heavy atom. The SMILES string of the molecule is Cc1oc(CNC(=O)c2cccc(F)c2)cc1C(=O)O. The summed E-state index contributed by atoms with van der Waals surface area (Å²) in [7, 11) is 0. The number of carbonyl (C=O) groups is 2. The van der Waals surface area contributed by atoms with Crippen molar-refractivity contribution in [3.05, 3.63) is 58.8 Å². The number of aryl methyl sites for hydroxylation is 1. The first kappa shape index (κ1) is 13.8. The van der Waals surface area contributed by atoms with Crippen LogP contribution in [0.2, 0.25) is 0 Å². The molecule has 0 unspecified atom stereocenters. The summed E-state index contributed by atoms with van der Waals surface area (Å²) in [6, 6.07) is 6.62. The number of carbonyl (C=O) groups excluding carboxylic acids is 1. The summed E-state index contributed by atoms with van der Waals surface area (Å²) >= 11 is 0. The summed E-state index contributed by atoms with van der Waals surface area (Å²) in [5.74, 6) is -1.46. The van der Waals surface area contributed by atoms with Gasteiger partial charge in [0.1, 0.15) is 22.9 Å². The molecule has 1 aromatic heterocycles. The molecule has 0 radical (unpaired) electrons. The lowest BCUT2D eigenvalue weighted by Crippen LogP contribution is -2.22. The predicted molar refractivity (Wildman–Crippen MR) is 68.0 cm³/mol. The molecule has 2 rings (SSSR count). The van der Waals surface area contributed by atoms with Crippen LogP contribution in [0.1, 0.15) is 32.2 Å². The van der Waals surface area contributed by atoms with Crippen molar-refractivity contribution >= 4 is 11.9 Å². The molecule has 0 saturated heterocycles. The number of carboxylic acid groups (broad SMARTS) is 1. The van der Waals surface area contributed by atoms with Crippen molar-refractivity contribution in [1.29, 1.82) is 0 Å². The molecule has 0 bridgehead atoms. The Balaban J connectivity index is 2.04. The normalized spacial score (nSPS) is 10.3. The highest BCUT2D eigenvalue weighted by atomic mass is 19.1. The zero-order chi connectivity index (χ0) is 14.7. The third kappa shape index (κ3) is 3.03.